The number of nitriles is 1. The molecule has 0 bridgehead atoms. The van der Waals surface area contributed by atoms with E-state index in [4.69, 9.17) is 19.3 Å². The number of nitrogens with one attached hydrogen (secondary N) is 1. The van der Waals surface area contributed by atoms with Crippen LogP contribution in [0.2, 0.25) is 0 Å². The summed E-state index contributed by atoms with van der Waals surface area (Å²) < 4.78 is 21.2. The molecule has 4 heterocycles. The van der Waals surface area contributed by atoms with E-state index in [2.05, 4.69) is 41.8 Å². The second-order valence-electron chi connectivity index (χ2n) is 12.7. The highest BCUT2D eigenvalue weighted by molar-refractivity contribution is 5.67. The van der Waals surface area contributed by atoms with Gasteiger partial charge in [0.2, 0.25) is 5.95 Å². The van der Waals surface area contributed by atoms with Crippen molar-refractivity contribution in [1.29, 1.82) is 5.26 Å². The maximum atomic E-state index is 10.4. The Bertz CT molecular complexity index is 1670. The number of nitrogens with zero attached hydrogens (tertiary/aromatic N) is 10. The lowest BCUT2D eigenvalue weighted by Crippen LogP contribution is -2.45. The molecular weight excluding hydrogens is 602 g/mol. The summed E-state index contributed by atoms with van der Waals surface area (Å²) in [7, 11) is 0. The lowest BCUT2D eigenvalue weighted by Gasteiger charge is -2.38. The van der Waals surface area contributed by atoms with E-state index >= 15 is 0 Å². The summed E-state index contributed by atoms with van der Waals surface area (Å²) in [5, 5.41) is 39.3. The van der Waals surface area contributed by atoms with Crippen molar-refractivity contribution < 1.29 is 19.3 Å². The molecule has 0 radical (unpaired) electrons. The molecule has 3 aromatic heterocycles. The van der Waals surface area contributed by atoms with Crippen LogP contribution in [0.1, 0.15) is 57.1 Å². The highest BCUT2D eigenvalue weighted by Crippen LogP contribution is 2.38. The topological polar surface area (TPSA) is 174 Å². The first-order valence-corrected chi connectivity index (χ1v) is 16.2. The van der Waals surface area contributed by atoms with Gasteiger partial charge in [-0.2, -0.15) is 5.26 Å². The van der Waals surface area contributed by atoms with Crippen molar-refractivity contribution in [3.8, 4) is 28.8 Å². The second kappa shape index (κ2) is 13.6. The quantitative estimate of drug-likeness (QED) is 0.231. The number of rotatable bonds is 12. The van der Waals surface area contributed by atoms with Gasteiger partial charge >= 0.3 is 0 Å². The van der Waals surface area contributed by atoms with E-state index in [1.54, 1.807) is 23.1 Å². The van der Waals surface area contributed by atoms with Gasteiger partial charge in [0.15, 0.2) is 0 Å². The minimum absolute atomic E-state index is 0.194. The molecule has 1 aromatic carbocycles. The summed E-state index contributed by atoms with van der Waals surface area (Å²) >= 11 is 0. The number of hydrogen-bond donors (Lipinski definition) is 2. The van der Waals surface area contributed by atoms with E-state index in [0.717, 1.165) is 76.0 Å². The first-order chi connectivity index (χ1) is 22.9. The fourth-order valence-electron chi connectivity index (χ4n) is 6.21. The van der Waals surface area contributed by atoms with Crippen molar-refractivity contribution in [1.82, 2.24) is 44.9 Å². The number of benzene rings is 1. The fraction of sp³-hybridized carbons (Fsp3) is 0.531. The van der Waals surface area contributed by atoms with Crippen LogP contribution in [0, 0.1) is 11.3 Å². The van der Waals surface area contributed by atoms with Crippen molar-refractivity contribution >= 4 is 11.6 Å². The molecule has 4 aromatic rings. The summed E-state index contributed by atoms with van der Waals surface area (Å²) in [6.07, 6.45) is 12.4. The number of anilines is 2. The van der Waals surface area contributed by atoms with Crippen LogP contribution in [0.5, 0.6) is 11.6 Å². The summed E-state index contributed by atoms with van der Waals surface area (Å²) in [6, 6.07) is 8.43. The Balaban J connectivity index is 1.04. The molecule has 3 aliphatic rings. The molecule has 1 aliphatic heterocycles. The summed E-state index contributed by atoms with van der Waals surface area (Å²) in [5.41, 5.74) is 1.87. The smallest absolute Gasteiger partial charge is 0.257 e. The highest BCUT2D eigenvalue weighted by Gasteiger charge is 2.41. The molecule has 0 spiro atoms. The van der Waals surface area contributed by atoms with Gasteiger partial charge < -0.3 is 24.6 Å². The van der Waals surface area contributed by atoms with Gasteiger partial charge in [-0.1, -0.05) is 6.07 Å². The summed E-state index contributed by atoms with van der Waals surface area (Å²) in [6.45, 7) is 6.16. The maximum absolute atomic E-state index is 10.4. The van der Waals surface area contributed by atoms with Crippen molar-refractivity contribution in [2.75, 3.05) is 38.2 Å². The van der Waals surface area contributed by atoms with Crippen LogP contribution in [0.15, 0.2) is 43.1 Å². The predicted molar refractivity (Wildman–Crippen MR) is 169 cm³/mol. The largest absolute Gasteiger partial charge is 0.487 e. The standard InChI is InChI=1S/C32H39N11O4/c1-22(18-42-21-36-39-40-42)47-29-14-23(2-3-24(29)15-33)25-16-34-31(35-17-25)37-28-19-43(38-30(28)46-20-32(44)8-9-32)27-6-4-26(5-7-27)41-10-12-45-13-11-41/h2-3,14,16-17,19,21-22,26-27,44H,4-13,18,20H2,1H3,(H,34,35,37). The summed E-state index contributed by atoms with van der Waals surface area (Å²) in [4.78, 5) is 11.7. The molecule has 2 aliphatic carbocycles. The first kappa shape index (κ1) is 31.0. The zero-order chi connectivity index (χ0) is 32.2. The van der Waals surface area contributed by atoms with Gasteiger partial charge in [0.1, 0.15) is 36.5 Å². The summed E-state index contributed by atoms with van der Waals surface area (Å²) in [5.74, 6) is 1.27. The monoisotopic (exact) mass is 641 g/mol. The van der Waals surface area contributed by atoms with Crippen LogP contribution in [0.4, 0.5) is 11.6 Å². The van der Waals surface area contributed by atoms with E-state index in [1.165, 1.54) is 6.33 Å². The SMILES string of the molecule is CC(Cn1cnnn1)Oc1cc(-c2cnc(Nc3cn(C4CCC(N5CCOCC5)CC4)nc3OCC3(O)CC3)nc2)ccc1C#N. The zero-order valence-electron chi connectivity index (χ0n) is 26.4. The van der Waals surface area contributed by atoms with Crippen LogP contribution in [-0.2, 0) is 11.3 Å². The first-order valence-electron chi connectivity index (χ1n) is 16.2. The zero-order valence-corrected chi connectivity index (χ0v) is 26.4. The molecule has 3 fully saturated rings. The molecule has 246 valence electrons. The minimum atomic E-state index is -0.773. The number of morpholine rings is 1. The van der Waals surface area contributed by atoms with Crippen LogP contribution >= 0.6 is 0 Å². The van der Waals surface area contributed by atoms with Gasteiger partial charge in [0.05, 0.1) is 43.2 Å². The van der Waals surface area contributed by atoms with E-state index in [-0.39, 0.29) is 18.8 Å². The number of ether oxygens (including phenoxy) is 3. The van der Waals surface area contributed by atoms with Crippen molar-refractivity contribution in [3.63, 3.8) is 0 Å². The van der Waals surface area contributed by atoms with Crippen LogP contribution in [0.25, 0.3) is 11.1 Å². The number of hydrogen-bond acceptors (Lipinski definition) is 13. The Kier molecular flexibility index (Phi) is 8.96. The number of aliphatic hydroxyl groups is 1. The fourth-order valence-corrected chi connectivity index (χ4v) is 6.21. The molecule has 15 heteroatoms. The minimum Gasteiger partial charge on any atom is -0.487 e. The van der Waals surface area contributed by atoms with E-state index in [1.807, 2.05) is 29.9 Å². The molecular formula is C32H39N11O4. The Morgan fingerprint density at radius 2 is 1.87 bits per heavy atom. The third-order valence-corrected chi connectivity index (χ3v) is 9.10. The van der Waals surface area contributed by atoms with Crippen molar-refractivity contribution in [3.05, 3.63) is 48.7 Å². The Morgan fingerprint density at radius 1 is 1.11 bits per heavy atom. The molecule has 2 saturated carbocycles. The second-order valence-corrected chi connectivity index (χ2v) is 12.7. The molecule has 1 saturated heterocycles. The highest BCUT2D eigenvalue weighted by atomic mass is 16.5. The molecule has 2 N–H and O–H groups in total. The third-order valence-electron chi connectivity index (χ3n) is 9.10. The molecule has 15 nitrogen and oxygen atoms in total. The third kappa shape index (κ3) is 7.51. The van der Waals surface area contributed by atoms with Gasteiger partial charge in [-0.3, -0.25) is 9.58 Å². The number of tetrazole rings is 1. The van der Waals surface area contributed by atoms with Crippen LogP contribution < -0.4 is 14.8 Å². The van der Waals surface area contributed by atoms with Gasteiger partial charge in [-0.25, -0.2) is 14.6 Å². The average molecular weight is 642 g/mol. The van der Waals surface area contributed by atoms with Crippen molar-refractivity contribution in [2.24, 2.45) is 0 Å². The van der Waals surface area contributed by atoms with E-state index in [0.29, 0.717) is 41.4 Å². The Morgan fingerprint density at radius 3 is 2.57 bits per heavy atom. The molecule has 1 unspecified atom stereocenters. The van der Waals surface area contributed by atoms with Crippen molar-refractivity contribution in [2.45, 2.75) is 75.8 Å². The normalized spacial score (nSPS) is 21.5. The van der Waals surface area contributed by atoms with Crippen LogP contribution in [0.3, 0.4) is 0 Å². The maximum Gasteiger partial charge on any atom is 0.257 e. The average Bonchev–Trinajstić information content (AvgIpc) is 3.42. The molecule has 7 rings (SSSR count). The van der Waals surface area contributed by atoms with E-state index < -0.39 is 5.60 Å². The Labute approximate surface area is 272 Å². The van der Waals surface area contributed by atoms with Gasteiger partial charge in [0.25, 0.3) is 5.88 Å². The van der Waals surface area contributed by atoms with Gasteiger partial charge in [-0.15, -0.1) is 10.2 Å². The van der Waals surface area contributed by atoms with E-state index in [9.17, 15) is 10.4 Å². The van der Waals surface area contributed by atoms with Gasteiger partial charge in [-0.05, 0) is 73.6 Å². The van der Waals surface area contributed by atoms with Gasteiger partial charge in [0, 0.05) is 37.1 Å². The molecule has 1 atom stereocenters. The molecule has 47 heavy (non-hydrogen) atoms. The number of aromatic nitrogens is 8. The lowest BCUT2D eigenvalue weighted by atomic mass is 9.90. The predicted octanol–water partition coefficient (Wildman–Crippen LogP) is 3.13. The Hall–Kier alpha value is -4.65. The van der Waals surface area contributed by atoms with Crippen LogP contribution in [-0.4, -0.2) is 101 Å². The lowest BCUT2D eigenvalue weighted by molar-refractivity contribution is 0.00500. The molecule has 0 amide bonds.